The Morgan fingerprint density at radius 3 is 2.71 bits per heavy atom. The highest BCUT2D eigenvalue weighted by Crippen LogP contribution is 2.16. The summed E-state index contributed by atoms with van der Waals surface area (Å²) in [6, 6.07) is 6.52. The molecule has 4 heteroatoms. The van der Waals surface area contributed by atoms with Gasteiger partial charge in [-0.2, -0.15) is 0 Å². The maximum absolute atomic E-state index is 11.7. The summed E-state index contributed by atoms with van der Waals surface area (Å²) in [6.07, 6.45) is 3.17. The van der Waals surface area contributed by atoms with Crippen molar-refractivity contribution < 1.29 is 14.6 Å². The van der Waals surface area contributed by atoms with Gasteiger partial charge >= 0.3 is 0 Å². The van der Waals surface area contributed by atoms with E-state index in [0.717, 1.165) is 24.6 Å². The lowest BCUT2D eigenvalue weighted by Gasteiger charge is -2.05. The molecule has 0 aromatic heterocycles. The molecule has 0 aliphatic carbocycles. The predicted molar refractivity (Wildman–Crippen MR) is 70.9 cm³/mol. The minimum Gasteiger partial charge on any atom is -0.507 e. The number of phenols is 1. The maximum Gasteiger partial charge on any atom is 0.192 e. The molecule has 1 aromatic rings. The molecule has 1 N–H and O–H groups in total. The number of hydrogen-bond donors (Lipinski definition) is 1. The second-order valence-electron chi connectivity index (χ2n) is 3.74. The molecule has 0 saturated heterocycles. The van der Waals surface area contributed by atoms with Gasteiger partial charge in [0.2, 0.25) is 0 Å². The number of para-hydroxylation sites is 1. The summed E-state index contributed by atoms with van der Waals surface area (Å²) >= 11 is 3.36. The normalized spacial score (nSPS) is 10.4. The van der Waals surface area contributed by atoms with E-state index in [0.29, 0.717) is 12.2 Å². The number of carbonyl (C=O) groups excluding carboxylic acids is 1. The average Bonchev–Trinajstić information content (AvgIpc) is 2.34. The molecule has 1 rings (SSSR count). The first kappa shape index (κ1) is 14.2. The molecular formula is C13H17BrO3. The summed E-state index contributed by atoms with van der Waals surface area (Å²) in [4.78, 5) is 11.7. The van der Waals surface area contributed by atoms with Crippen molar-refractivity contribution in [2.45, 2.75) is 19.3 Å². The van der Waals surface area contributed by atoms with E-state index in [4.69, 9.17) is 4.74 Å². The highest BCUT2D eigenvalue weighted by molar-refractivity contribution is 9.09. The van der Waals surface area contributed by atoms with E-state index in [-0.39, 0.29) is 18.1 Å². The van der Waals surface area contributed by atoms with Crippen LogP contribution in [0.25, 0.3) is 0 Å². The van der Waals surface area contributed by atoms with Gasteiger partial charge < -0.3 is 9.84 Å². The number of Topliss-reactive ketones (excluding diaryl/α,β-unsaturated/α-hetero) is 1. The van der Waals surface area contributed by atoms with Gasteiger partial charge in [0.1, 0.15) is 12.4 Å². The number of alkyl halides is 1. The van der Waals surface area contributed by atoms with Gasteiger partial charge in [-0.1, -0.05) is 34.5 Å². The molecule has 1 aromatic carbocycles. The van der Waals surface area contributed by atoms with Gasteiger partial charge in [0, 0.05) is 11.9 Å². The fourth-order valence-corrected chi connectivity index (χ4v) is 1.82. The molecular weight excluding hydrogens is 284 g/mol. The van der Waals surface area contributed by atoms with Gasteiger partial charge in [0.25, 0.3) is 0 Å². The zero-order valence-corrected chi connectivity index (χ0v) is 11.3. The number of phenolic OH excluding ortho intramolecular Hbond substituents is 1. The summed E-state index contributed by atoms with van der Waals surface area (Å²) in [7, 11) is 0. The Labute approximate surface area is 110 Å². The molecule has 17 heavy (non-hydrogen) atoms. The highest BCUT2D eigenvalue weighted by atomic mass is 79.9. The molecule has 0 unspecified atom stereocenters. The Morgan fingerprint density at radius 1 is 1.24 bits per heavy atom. The van der Waals surface area contributed by atoms with Crippen LogP contribution in [0, 0.1) is 0 Å². The molecule has 0 fully saturated rings. The van der Waals surface area contributed by atoms with Gasteiger partial charge in [-0.25, -0.2) is 0 Å². The van der Waals surface area contributed by atoms with Crippen LogP contribution in [0.5, 0.6) is 5.75 Å². The van der Waals surface area contributed by atoms with Gasteiger partial charge in [0.15, 0.2) is 5.78 Å². The van der Waals surface area contributed by atoms with Crippen molar-refractivity contribution in [1.29, 1.82) is 0 Å². The van der Waals surface area contributed by atoms with Crippen molar-refractivity contribution in [3.05, 3.63) is 29.8 Å². The monoisotopic (exact) mass is 300 g/mol. The van der Waals surface area contributed by atoms with Crippen LogP contribution in [-0.4, -0.2) is 29.4 Å². The summed E-state index contributed by atoms with van der Waals surface area (Å²) < 4.78 is 5.28. The molecule has 3 nitrogen and oxygen atoms in total. The molecule has 0 atom stereocenters. The lowest BCUT2D eigenvalue weighted by atomic mass is 10.1. The van der Waals surface area contributed by atoms with E-state index < -0.39 is 0 Å². The van der Waals surface area contributed by atoms with Gasteiger partial charge in [-0.3, -0.25) is 4.79 Å². The van der Waals surface area contributed by atoms with Crippen molar-refractivity contribution in [2.75, 3.05) is 18.5 Å². The topological polar surface area (TPSA) is 46.5 Å². The van der Waals surface area contributed by atoms with E-state index >= 15 is 0 Å². The third-order valence-electron chi connectivity index (χ3n) is 2.36. The number of carbonyl (C=O) groups is 1. The van der Waals surface area contributed by atoms with Crippen LogP contribution in [0.3, 0.4) is 0 Å². The lowest BCUT2D eigenvalue weighted by Crippen LogP contribution is -2.10. The zero-order chi connectivity index (χ0) is 12.5. The van der Waals surface area contributed by atoms with Crippen molar-refractivity contribution in [2.24, 2.45) is 0 Å². The van der Waals surface area contributed by atoms with Gasteiger partial charge in [-0.05, 0) is 25.0 Å². The number of ether oxygens (including phenoxy) is 1. The number of benzene rings is 1. The third kappa shape index (κ3) is 5.33. The van der Waals surface area contributed by atoms with E-state index in [1.165, 1.54) is 6.07 Å². The minimum atomic E-state index is -0.177. The Hall–Kier alpha value is -0.870. The second-order valence-corrected chi connectivity index (χ2v) is 4.54. The Morgan fingerprint density at radius 2 is 2.00 bits per heavy atom. The van der Waals surface area contributed by atoms with Gasteiger partial charge in [-0.15, -0.1) is 0 Å². The quantitative estimate of drug-likeness (QED) is 0.456. The molecule has 0 radical (unpaired) electrons. The van der Waals surface area contributed by atoms with Crippen LogP contribution in [0.15, 0.2) is 24.3 Å². The van der Waals surface area contributed by atoms with Crippen LogP contribution < -0.4 is 0 Å². The number of rotatable bonds is 8. The summed E-state index contributed by atoms with van der Waals surface area (Å²) in [5.41, 5.74) is 0.327. The predicted octanol–water partition coefficient (Wildman–Crippen LogP) is 3.16. The first-order valence-electron chi connectivity index (χ1n) is 5.70. The van der Waals surface area contributed by atoms with Crippen LogP contribution in [0.2, 0.25) is 0 Å². The van der Waals surface area contributed by atoms with Gasteiger partial charge in [0.05, 0.1) is 5.56 Å². The smallest absolute Gasteiger partial charge is 0.192 e. The molecule has 0 heterocycles. The van der Waals surface area contributed by atoms with Crippen molar-refractivity contribution >= 4 is 21.7 Å². The standard InChI is InChI=1S/C13H17BrO3/c14-8-4-1-5-9-17-10-13(16)11-6-2-3-7-12(11)15/h2-3,6-7,15H,1,4-5,8-10H2. The Balaban J connectivity index is 2.24. The summed E-state index contributed by atoms with van der Waals surface area (Å²) in [5.74, 6) is -0.163. The molecule has 0 bridgehead atoms. The fraction of sp³-hybridized carbons (Fsp3) is 0.462. The number of hydrogen-bond acceptors (Lipinski definition) is 3. The fourth-order valence-electron chi connectivity index (χ4n) is 1.43. The van der Waals surface area contributed by atoms with E-state index in [1.807, 2.05) is 0 Å². The summed E-state index contributed by atoms with van der Waals surface area (Å²) in [6.45, 7) is 0.623. The third-order valence-corrected chi connectivity index (χ3v) is 2.92. The lowest BCUT2D eigenvalue weighted by molar-refractivity contribution is 0.0750. The molecule has 0 aliphatic heterocycles. The minimum absolute atomic E-state index is 0.0142. The van der Waals surface area contributed by atoms with Crippen molar-refractivity contribution in [3.63, 3.8) is 0 Å². The second kappa shape index (κ2) is 8.25. The maximum atomic E-state index is 11.7. The van der Waals surface area contributed by atoms with E-state index in [2.05, 4.69) is 15.9 Å². The van der Waals surface area contributed by atoms with Crippen LogP contribution in [0.1, 0.15) is 29.6 Å². The Bertz CT molecular complexity index is 352. The van der Waals surface area contributed by atoms with Crippen molar-refractivity contribution in [1.82, 2.24) is 0 Å². The van der Waals surface area contributed by atoms with Crippen LogP contribution in [0.4, 0.5) is 0 Å². The van der Waals surface area contributed by atoms with E-state index in [9.17, 15) is 9.90 Å². The van der Waals surface area contributed by atoms with E-state index in [1.54, 1.807) is 18.2 Å². The van der Waals surface area contributed by atoms with Crippen LogP contribution >= 0.6 is 15.9 Å². The van der Waals surface area contributed by atoms with Crippen molar-refractivity contribution in [3.8, 4) is 5.75 Å². The first-order valence-corrected chi connectivity index (χ1v) is 6.82. The zero-order valence-electron chi connectivity index (χ0n) is 9.69. The molecule has 0 aliphatic rings. The first-order chi connectivity index (χ1) is 8.25. The summed E-state index contributed by atoms with van der Waals surface area (Å²) in [5, 5.41) is 10.5. The molecule has 0 spiro atoms. The number of halogens is 1. The average molecular weight is 301 g/mol. The molecule has 94 valence electrons. The number of ketones is 1. The highest BCUT2D eigenvalue weighted by Gasteiger charge is 2.09. The molecule has 0 amide bonds. The molecule has 0 saturated carbocycles. The number of aromatic hydroxyl groups is 1. The Kier molecular flexibility index (Phi) is 6.89. The number of unbranched alkanes of at least 4 members (excludes halogenated alkanes) is 2. The van der Waals surface area contributed by atoms with Crippen LogP contribution in [-0.2, 0) is 4.74 Å². The largest absolute Gasteiger partial charge is 0.507 e. The SMILES string of the molecule is O=C(COCCCCCBr)c1ccccc1O.